The summed E-state index contributed by atoms with van der Waals surface area (Å²) in [4.78, 5) is 15.4. The topological polar surface area (TPSA) is 92.9 Å². The molecule has 0 bridgehead atoms. The zero-order chi connectivity index (χ0) is 14.1. The van der Waals surface area contributed by atoms with Gasteiger partial charge in [-0.25, -0.2) is 9.78 Å². The average Bonchev–Trinajstić information content (AvgIpc) is 2.43. The molecule has 0 unspecified atom stereocenters. The van der Waals surface area contributed by atoms with Gasteiger partial charge in [0.2, 0.25) is 5.88 Å². The van der Waals surface area contributed by atoms with Crippen LogP contribution in [0.5, 0.6) is 5.88 Å². The zero-order valence-electron chi connectivity index (χ0n) is 11.0. The summed E-state index contributed by atoms with van der Waals surface area (Å²) < 4.78 is 20.0. The van der Waals surface area contributed by atoms with Crippen LogP contribution in [0.25, 0.3) is 0 Å². The highest BCUT2D eigenvalue weighted by atomic mass is 16.5. The summed E-state index contributed by atoms with van der Waals surface area (Å²) in [7, 11) is 2.88. The van der Waals surface area contributed by atoms with E-state index >= 15 is 0 Å². The molecule has 0 atom stereocenters. The van der Waals surface area contributed by atoms with Crippen molar-refractivity contribution < 1.29 is 23.7 Å². The number of hydrogen-bond acceptors (Lipinski definition) is 7. The molecule has 7 heteroatoms. The molecule has 0 aliphatic heterocycles. The van der Waals surface area contributed by atoms with Gasteiger partial charge in [0.05, 0.1) is 32.5 Å². The van der Waals surface area contributed by atoms with E-state index in [1.54, 1.807) is 7.11 Å². The number of hydrogen-bond donors (Lipinski definition) is 1. The molecule has 0 fully saturated rings. The number of carbonyl (C=O) groups is 1. The van der Waals surface area contributed by atoms with E-state index in [-0.39, 0.29) is 23.7 Å². The van der Waals surface area contributed by atoms with Crippen LogP contribution in [0.2, 0.25) is 0 Å². The van der Waals surface area contributed by atoms with E-state index in [1.807, 2.05) is 0 Å². The van der Waals surface area contributed by atoms with Crippen LogP contribution in [0.1, 0.15) is 10.4 Å². The number of nitrogens with two attached hydrogens (primary N) is 1. The van der Waals surface area contributed by atoms with E-state index in [2.05, 4.69) is 9.72 Å². The minimum absolute atomic E-state index is 0.159. The molecule has 1 aromatic rings. The number of aromatic nitrogens is 1. The number of nitrogen functional groups attached to an aromatic ring is 1. The predicted molar refractivity (Wildman–Crippen MR) is 68.2 cm³/mol. The number of nitrogens with zero attached hydrogens (tertiary/aromatic N) is 1. The van der Waals surface area contributed by atoms with E-state index in [1.165, 1.54) is 19.4 Å². The number of carbonyl (C=O) groups excluding carboxylic acids is 1. The van der Waals surface area contributed by atoms with Crippen molar-refractivity contribution in [2.45, 2.75) is 0 Å². The van der Waals surface area contributed by atoms with Gasteiger partial charge in [-0.15, -0.1) is 0 Å². The Labute approximate surface area is 111 Å². The smallest absolute Gasteiger partial charge is 0.340 e. The third-order valence-electron chi connectivity index (χ3n) is 2.26. The second-order valence-electron chi connectivity index (χ2n) is 3.52. The predicted octanol–water partition coefficient (Wildman–Crippen LogP) is 0.492. The molecule has 2 N–H and O–H groups in total. The second kappa shape index (κ2) is 8.28. The fraction of sp³-hybridized carbons (Fsp3) is 0.500. The maximum Gasteiger partial charge on any atom is 0.340 e. The van der Waals surface area contributed by atoms with E-state index in [9.17, 15) is 4.79 Å². The summed E-state index contributed by atoms with van der Waals surface area (Å²) in [5, 5.41) is 0. The molecule has 0 saturated heterocycles. The third kappa shape index (κ3) is 4.72. The standard InChI is InChI=1S/C12H18N2O5/c1-16-5-6-18-7-8-19-11-10(13)9(3-4-14-11)12(15)17-2/h3-4H,5-8,13H2,1-2H3. The second-order valence-corrected chi connectivity index (χ2v) is 3.52. The Morgan fingerprint density at radius 1 is 1.26 bits per heavy atom. The van der Waals surface area contributed by atoms with Crippen molar-refractivity contribution >= 4 is 11.7 Å². The van der Waals surface area contributed by atoms with Gasteiger partial charge in [-0.3, -0.25) is 0 Å². The quantitative estimate of drug-likeness (QED) is 0.542. The highest BCUT2D eigenvalue weighted by molar-refractivity contribution is 5.95. The number of ether oxygens (including phenoxy) is 4. The maximum absolute atomic E-state index is 11.4. The van der Waals surface area contributed by atoms with Crippen molar-refractivity contribution in [3.8, 4) is 5.88 Å². The first kappa shape index (κ1) is 15.2. The van der Waals surface area contributed by atoms with Crippen LogP contribution in [-0.2, 0) is 14.2 Å². The van der Waals surface area contributed by atoms with Gasteiger partial charge >= 0.3 is 5.97 Å². The summed E-state index contributed by atoms with van der Waals surface area (Å²) >= 11 is 0. The van der Waals surface area contributed by atoms with E-state index < -0.39 is 5.97 Å². The fourth-order valence-electron chi connectivity index (χ4n) is 1.30. The van der Waals surface area contributed by atoms with Crippen LogP contribution in [0, 0.1) is 0 Å². The molecule has 0 amide bonds. The molecule has 0 aliphatic carbocycles. The molecule has 7 nitrogen and oxygen atoms in total. The van der Waals surface area contributed by atoms with Gasteiger partial charge in [-0.05, 0) is 6.07 Å². The van der Waals surface area contributed by atoms with Gasteiger partial charge in [-0.1, -0.05) is 0 Å². The number of methoxy groups -OCH3 is 2. The first-order valence-electron chi connectivity index (χ1n) is 5.73. The zero-order valence-corrected chi connectivity index (χ0v) is 11.0. The van der Waals surface area contributed by atoms with Crippen molar-refractivity contribution in [3.63, 3.8) is 0 Å². The Morgan fingerprint density at radius 2 is 2.00 bits per heavy atom. The first-order valence-corrected chi connectivity index (χ1v) is 5.73. The number of esters is 1. The van der Waals surface area contributed by atoms with Crippen LogP contribution in [-0.4, -0.2) is 51.6 Å². The van der Waals surface area contributed by atoms with Crippen LogP contribution >= 0.6 is 0 Å². The molecular weight excluding hydrogens is 252 g/mol. The Bertz CT molecular complexity index is 411. The third-order valence-corrected chi connectivity index (χ3v) is 2.26. The number of pyridine rings is 1. The van der Waals surface area contributed by atoms with E-state index in [0.29, 0.717) is 19.8 Å². The molecule has 0 aromatic carbocycles. The minimum atomic E-state index is -0.527. The number of anilines is 1. The summed E-state index contributed by atoms with van der Waals surface area (Å²) in [6.45, 7) is 1.68. The van der Waals surface area contributed by atoms with Crippen molar-refractivity contribution in [1.82, 2.24) is 4.98 Å². The van der Waals surface area contributed by atoms with Crippen LogP contribution in [0.15, 0.2) is 12.3 Å². The first-order chi connectivity index (χ1) is 9.20. The van der Waals surface area contributed by atoms with Crippen molar-refractivity contribution in [1.29, 1.82) is 0 Å². The van der Waals surface area contributed by atoms with Crippen molar-refractivity contribution in [2.24, 2.45) is 0 Å². The van der Waals surface area contributed by atoms with Gasteiger partial charge in [-0.2, -0.15) is 0 Å². The molecule has 1 heterocycles. The Balaban J connectivity index is 2.48. The minimum Gasteiger partial charge on any atom is -0.474 e. The lowest BCUT2D eigenvalue weighted by Gasteiger charge is -2.10. The van der Waals surface area contributed by atoms with Crippen LogP contribution < -0.4 is 10.5 Å². The lowest BCUT2D eigenvalue weighted by atomic mass is 10.2. The Hall–Kier alpha value is -1.86. The molecule has 0 saturated carbocycles. The number of rotatable bonds is 8. The highest BCUT2D eigenvalue weighted by Crippen LogP contribution is 2.22. The molecule has 0 radical (unpaired) electrons. The molecular formula is C12H18N2O5. The summed E-state index contributed by atoms with van der Waals surface area (Å²) in [5.41, 5.74) is 6.16. The van der Waals surface area contributed by atoms with Crippen LogP contribution in [0.4, 0.5) is 5.69 Å². The molecule has 106 valence electrons. The lowest BCUT2D eigenvalue weighted by molar-refractivity contribution is 0.0536. The van der Waals surface area contributed by atoms with E-state index in [4.69, 9.17) is 19.9 Å². The van der Waals surface area contributed by atoms with Crippen molar-refractivity contribution in [3.05, 3.63) is 17.8 Å². The maximum atomic E-state index is 11.4. The van der Waals surface area contributed by atoms with E-state index in [0.717, 1.165) is 0 Å². The largest absolute Gasteiger partial charge is 0.474 e. The van der Waals surface area contributed by atoms with Gasteiger partial charge in [0, 0.05) is 13.3 Å². The fourth-order valence-corrected chi connectivity index (χ4v) is 1.30. The summed E-state index contributed by atoms with van der Waals surface area (Å²) in [6, 6.07) is 1.48. The monoisotopic (exact) mass is 270 g/mol. The lowest BCUT2D eigenvalue weighted by Crippen LogP contribution is -2.13. The normalized spacial score (nSPS) is 10.2. The summed E-state index contributed by atoms with van der Waals surface area (Å²) in [5.74, 6) is -0.334. The molecule has 1 rings (SSSR count). The van der Waals surface area contributed by atoms with Gasteiger partial charge in [0.1, 0.15) is 12.3 Å². The van der Waals surface area contributed by atoms with Gasteiger partial charge in [0.25, 0.3) is 0 Å². The molecule has 0 spiro atoms. The highest BCUT2D eigenvalue weighted by Gasteiger charge is 2.14. The molecule has 1 aromatic heterocycles. The molecule has 0 aliphatic rings. The Kier molecular flexibility index (Phi) is 6.62. The SMILES string of the molecule is COCCOCCOc1nccc(C(=O)OC)c1N. The van der Waals surface area contributed by atoms with Crippen LogP contribution in [0.3, 0.4) is 0 Å². The molecule has 19 heavy (non-hydrogen) atoms. The Morgan fingerprint density at radius 3 is 2.68 bits per heavy atom. The average molecular weight is 270 g/mol. The summed E-state index contributed by atoms with van der Waals surface area (Å²) in [6.07, 6.45) is 1.43. The van der Waals surface area contributed by atoms with Crippen molar-refractivity contribution in [2.75, 3.05) is 46.4 Å². The van der Waals surface area contributed by atoms with Gasteiger partial charge in [0.15, 0.2) is 0 Å². The van der Waals surface area contributed by atoms with Gasteiger partial charge < -0.3 is 24.7 Å².